The lowest BCUT2D eigenvalue weighted by molar-refractivity contribution is 0.132. The van der Waals surface area contributed by atoms with Gasteiger partial charge in [-0.25, -0.2) is 0 Å². The van der Waals surface area contributed by atoms with Gasteiger partial charge in [-0.05, 0) is 24.1 Å². The molecule has 0 aliphatic heterocycles. The Morgan fingerprint density at radius 2 is 2.00 bits per heavy atom. The molecule has 0 bridgehead atoms. The van der Waals surface area contributed by atoms with Crippen molar-refractivity contribution in [1.29, 1.82) is 0 Å². The maximum atomic E-state index is 9.35. The molecule has 0 saturated carbocycles. The van der Waals surface area contributed by atoms with Gasteiger partial charge in [0.1, 0.15) is 0 Å². The summed E-state index contributed by atoms with van der Waals surface area (Å²) in [6.45, 7) is 2.16. The number of halogens is 1. The molecule has 0 aliphatic carbocycles. The first-order valence-electron chi connectivity index (χ1n) is 5.59. The Kier molecular flexibility index (Phi) is 5.39. The fourth-order valence-electron chi connectivity index (χ4n) is 1.54. The van der Waals surface area contributed by atoms with Gasteiger partial charge in [0.2, 0.25) is 0 Å². The van der Waals surface area contributed by atoms with Crippen molar-refractivity contribution < 1.29 is 10.2 Å². The van der Waals surface area contributed by atoms with E-state index in [1.54, 1.807) is 0 Å². The lowest BCUT2D eigenvalue weighted by atomic mass is 9.98. The van der Waals surface area contributed by atoms with Crippen LogP contribution in [0.1, 0.15) is 18.9 Å². The normalized spacial score (nSPS) is 11.6. The molecule has 4 nitrogen and oxygen atoms in total. The van der Waals surface area contributed by atoms with E-state index >= 15 is 0 Å². The molecule has 0 saturated heterocycles. The van der Waals surface area contributed by atoms with Gasteiger partial charge in [-0.2, -0.15) is 0 Å². The number of aliphatic hydroxyl groups excluding tert-OH is 2. The van der Waals surface area contributed by atoms with Crippen LogP contribution >= 0.6 is 15.9 Å². The Bertz CT molecular complexity index is 359. The average Bonchev–Trinajstić information content (AvgIpc) is 2.36. The maximum Gasteiger partial charge on any atom is 0.0832 e. The highest BCUT2D eigenvalue weighted by molar-refractivity contribution is 9.10. The van der Waals surface area contributed by atoms with Crippen LogP contribution in [0.4, 0.5) is 5.69 Å². The zero-order chi connectivity index (χ0) is 12.9. The Balaban J connectivity index is 2.90. The van der Waals surface area contributed by atoms with Crippen LogP contribution in [0.2, 0.25) is 0 Å². The first kappa shape index (κ1) is 14.4. The second-order valence-electron chi connectivity index (χ2n) is 4.09. The summed E-state index contributed by atoms with van der Waals surface area (Å²) in [5.41, 5.74) is 6.76. The van der Waals surface area contributed by atoms with Crippen molar-refractivity contribution in [3.05, 3.63) is 28.2 Å². The van der Waals surface area contributed by atoms with Gasteiger partial charge >= 0.3 is 0 Å². The van der Waals surface area contributed by atoms with Crippen LogP contribution in [-0.2, 0) is 6.54 Å². The van der Waals surface area contributed by atoms with Gasteiger partial charge < -0.3 is 21.3 Å². The molecule has 17 heavy (non-hydrogen) atoms. The van der Waals surface area contributed by atoms with Crippen molar-refractivity contribution in [2.45, 2.75) is 25.4 Å². The van der Waals surface area contributed by atoms with Crippen molar-refractivity contribution in [3.8, 4) is 0 Å². The smallest absolute Gasteiger partial charge is 0.0832 e. The van der Waals surface area contributed by atoms with E-state index in [1.165, 1.54) is 0 Å². The highest BCUT2D eigenvalue weighted by atomic mass is 79.9. The monoisotopic (exact) mass is 302 g/mol. The van der Waals surface area contributed by atoms with Gasteiger partial charge in [-0.15, -0.1) is 0 Å². The zero-order valence-electron chi connectivity index (χ0n) is 9.91. The van der Waals surface area contributed by atoms with Crippen LogP contribution < -0.4 is 11.1 Å². The molecule has 1 aromatic rings. The average molecular weight is 303 g/mol. The van der Waals surface area contributed by atoms with Crippen molar-refractivity contribution in [2.24, 2.45) is 5.73 Å². The quantitative estimate of drug-likeness (QED) is 0.641. The van der Waals surface area contributed by atoms with Crippen molar-refractivity contribution in [1.82, 2.24) is 0 Å². The first-order valence-corrected chi connectivity index (χ1v) is 6.38. The number of anilines is 1. The number of nitrogens with two attached hydrogens (primary N) is 1. The number of hydrogen-bond acceptors (Lipinski definition) is 4. The third-order valence-corrected chi connectivity index (χ3v) is 3.70. The highest BCUT2D eigenvalue weighted by Gasteiger charge is 2.26. The van der Waals surface area contributed by atoms with Crippen LogP contribution in [0.15, 0.2) is 22.7 Å². The summed E-state index contributed by atoms with van der Waals surface area (Å²) in [5, 5.41) is 21.9. The summed E-state index contributed by atoms with van der Waals surface area (Å²) in [7, 11) is 0. The van der Waals surface area contributed by atoms with E-state index in [2.05, 4.69) is 21.2 Å². The molecular weight excluding hydrogens is 284 g/mol. The molecule has 96 valence electrons. The third kappa shape index (κ3) is 3.42. The molecule has 0 atom stereocenters. The van der Waals surface area contributed by atoms with Gasteiger partial charge in [0.25, 0.3) is 0 Å². The number of rotatable bonds is 6. The predicted molar refractivity (Wildman–Crippen MR) is 72.8 cm³/mol. The topological polar surface area (TPSA) is 78.5 Å². The molecule has 1 rings (SSSR count). The fourth-order valence-corrected chi connectivity index (χ4v) is 2.08. The minimum Gasteiger partial charge on any atom is -0.394 e. The molecule has 0 amide bonds. The van der Waals surface area contributed by atoms with E-state index in [9.17, 15) is 10.2 Å². The van der Waals surface area contributed by atoms with Gasteiger partial charge in [0.15, 0.2) is 0 Å². The number of benzene rings is 1. The zero-order valence-corrected chi connectivity index (χ0v) is 11.5. The minimum atomic E-state index is -0.677. The van der Waals surface area contributed by atoms with E-state index in [-0.39, 0.29) is 13.2 Å². The predicted octanol–water partition coefficient (Wildman–Crippen LogP) is 1.45. The Morgan fingerprint density at radius 1 is 1.35 bits per heavy atom. The van der Waals surface area contributed by atoms with E-state index in [0.29, 0.717) is 13.0 Å². The van der Waals surface area contributed by atoms with Crippen molar-refractivity contribution in [3.63, 3.8) is 0 Å². The molecule has 0 aliphatic rings. The van der Waals surface area contributed by atoms with Crippen LogP contribution in [0, 0.1) is 0 Å². The van der Waals surface area contributed by atoms with Crippen molar-refractivity contribution >= 4 is 21.6 Å². The molecule has 0 radical (unpaired) electrons. The molecule has 0 aromatic heterocycles. The van der Waals surface area contributed by atoms with Gasteiger partial charge in [-0.1, -0.05) is 28.9 Å². The van der Waals surface area contributed by atoms with E-state index in [4.69, 9.17) is 5.73 Å². The second kappa shape index (κ2) is 6.35. The minimum absolute atomic E-state index is 0.115. The van der Waals surface area contributed by atoms with Gasteiger partial charge in [0, 0.05) is 16.7 Å². The lowest BCUT2D eigenvalue weighted by Crippen LogP contribution is -2.45. The van der Waals surface area contributed by atoms with E-state index in [1.807, 2.05) is 25.1 Å². The third-order valence-electron chi connectivity index (χ3n) is 2.96. The van der Waals surface area contributed by atoms with Crippen LogP contribution in [0.5, 0.6) is 0 Å². The van der Waals surface area contributed by atoms with Gasteiger partial charge in [-0.3, -0.25) is 0 Å². The summed E-state index contributed by atoms with van der Waals surface area (Å²) in [5.74, 6) is 0. The fraction of sp³-hybridized carbons (Fsp3) is 0.500. The second-order valence-corrected chi connectivity index (χ2v) is 4.94. The maximum absolute atomic E-state index is 9.35. The molecule has 0 fully saturated rings. The summed E-state index contributed by atoms with van der Waals surface area (Å²) >= 11 is 3.44. The molecular formula is C12H19BrN2O2. The van der Waals surface area contributed by atoms with Gasteiger partial charge in [0.05, 0.1) is 18.8 Å². The highest BCUT2D eigenvalue weighted by Crippen LogP contribution is 2.24. The Hall–Kier alpha value is -0.620. The lowest BCUT2D eigenvalue weighted by Gasteiger charge is -2.31. The standard InChI is InChI=1S/C12H19BrN2O2/c1-2-12(7-16,8-17)15-10-4-3-9(6-14)11(13)5-10/h3-5,15-17H,2,6-8,14H2,1H3. The largest absolute Gasteiger partial charge is 0.394 e. The SMILES string of the molecule is CCC(CO)(CO)Nc1ccc(CN)c(Br)c1. The number of hydrogen-bond donors (Lipinski definition) is 4. The molecule has 5 heteroatoms. The van der Waals surface area contributed by atoms with Crippen LogP contribution in [0.25, 0.3) is 0 Å². The Labute approximate surface area is 110 Å². The first-order chi connectivity index (χ1) is 8.10. The molecule has 1 aromatic carbocycles. The van der Waals surface area contributed by atoms with Crippen LogP contribution in [-0.4, -0.2) is 29.0 Å². The molecule has 0 spiro atoms. The van der Waals surface area contributed by atoms with Crippen LogP contribution in [0.3, 0.4) is 0 Å². The molecule has 0 unspecified atom stereocenters. The summed E-state index contributed by atoms with van der Waals surface area (Å²) in [6, 6.07) is 5.71. The van der Waals surface area contributed by atoms with E-state index in [0.717, 1.165) is 15.7 Å². The summed E-state index contributed by atoms with van der Waals surface area (Å²) in [4.78, 5) is 0. The Morgan fingerprint density at radius 3 is 2.41 bits per heavy atom. The molecule has 0 heterocycles. The van der Waals surface area contributed by atoms with E-state index < -0.39 is 5.54 Å². The summed E-state index contributed by atoms with van der Waals surface area (Å²) in [6.07, 6.45) is 0.635. The van der Waals surface area contributed by atoms with Crippen molar-refractivity contribution in [2.75, 3.05) is 18.5 Å². The number of aliphatic hydroxyl groups is 2. The summed E-state index contributed by atoms with van der Waals surface area (Å²) < 4.78 is 0.922. The number of nitrogens with one attached hydrogen (secondary N) is 1. The molecule has 5 N–H and O–H groups in total.